The molecule has 0 fully saturated rings. The molecule has 0 heterocycles. The summed E-state index contributed by atoms with van der Waals surface area (Å²) >= 11 is 0. The van der Waals surface area contributed by atoms with Gasteiger partial charge in [0.2, 0.25) is 5.28 Å². The SMILES string of the molecule is CCc1ccccc1/[N+]([O-])=N/O. The number of benzene rings is 1. The Morgan fingerprint density at radius 2 is 2.17 bits per heavy atom. The number of nitrogens with zero attached hydrogens (tertiary/aromatic N) is 2. The summed E-state index contributed by atoms with van der Waals surface area (Å²) in [5, 5.41) is 21.7. The van der Waals surface area contributed by atoms with Crippen LogP contribution in [0.2, 0.25) is 0 Å². The van der Waals surface area contributed by atoms with Crippen LogP contribution in [0.1, 0.15) is 12.5 Å². The Balaban J connectivity index is 3.13. The minimum absolute atomic E-state index is 0.207. The van der Waals surface area contributed by atoms with Gasteiger partial charge in [-0.25, -0.2) is 0 Å². The summed E-state index contributed by atoms with van der Waals surface area (Å²) in [5.41, 5.74) is 1.26. The molecule has 0 atom stereocenters. The van der Waals surface area contributed by atoms with E-state index in [1.54, 1.807) is 12.1 Å². The van der Waals surface area contributed by atoms with Gasteiger partial charge in [0, 0.05) is 11.6 Å². The topological polar surface area (TPSA) is 58.7 Å². The molecule has 64 valence electrons. The van der Waals surface area contributed by atoms with Crippen molar-refractivity contribution in [2.75, 3.05) is 0 Å². The molecule has 0 amide bonds. The minimum Gasteiger partial charge on any atom is -0.592 e. The lowest BCUT2D eigenvalue weighted by Crippen LogP contribution is -1.95. The smallest absolute Gasteiger partial charge is 0.251 e. The summed E-state index contributed by atoms with van der Waals surface area (Å²) in [7, 11) is 0. The maximum Gasteiger partial charge on any atom is 0.251 e. The average molecular weight is 166 g/mol. The summed E-state index contributed by atoms with van der Waals surface area (Å²) in [6, 6.07) is 7.01. The van der Waals surface area contributed by atoms with Crippen molar-refractivity contribution < 1.29 is 10.1 Å². The highest BCUT2D eigenvalue weighted by Gasteiger charge is 2.08. The standard InChI is InChI=1S/C8H10N2O2/c1-2-7-5-3-4-6-8(7)10(12)9-11/h3-6,11H,2H2,1H3/b10-9-. The van der Waals surface area contributed by atoms with Gasteiger partial charge < -0.3 is 10.4 Å². The van der Waals surface area contributed by atoms with Crippen molar-refractivity contribution in [1.29, 1.82) is 0 Å². The third-order valence-electron chi connectivity index (χ3n) is 1.66. The number of hydrogen-bond donors (Lipinski definition) is 1. The number of para-hydroxylation sites is 1. The molecule has 0 aliphatic heterocycles. The van der Waals surface area contributed by atoms with Crippen LogP contribution in [0, 0.1) is 5.21 Å². The molecular formula is C8H10N2O2. The molecule has 1 aromatic carbocycles. The first kappa shape index (κ1) is 8.52. The van der Waals surface area contributed by atoms with E-state index in [1.165, 1.54) is 0 Å². The lowest BCUT2D eigenvalue weighted by molar-refractivity contribution is -0.474. The van der Waals surface area contributed by atoms with Crippen LogP contribution in [0.3, 0.4) is 0 Å². The monoisotopic (exact) mass is 166 g/mol. The van der Waals surface area contributed by atoms with Gasteiger partial charge in [-0.05, 0) is 11.3 Å². The third-order valence-corrected chi connectivity index (χ3v) is 1.66. The van der Waals surface area contributed by atoms with E-state index in [2.05, 4.69) is 5.28 Å². The molecule has 0 bridgehead atoms. The molecule has 0 saturated heterocycles. The third kappa shape index (κ3) is 1.53. The summed E-state index contributed by atoms with van der Waals surface area (Å²) in [6.45, 7) is 1.93. The van der Waals surface area contributed by atoms with Gasteiger partial charge in [0.05, 0.1) is 0 Å². The second-order valence-electron chi connectivity index (χ2n) is 2.34. The van der Waals surface area contributed by atoms with Crippen molar-refractivity contribution in [2.24, 2.45) is 5.28 Å². The first-order valence-corrected chi connectivity index (χ1v) is 3.69. The number of aryl methyl sites for hydroxylation is 1. The highest BCUT2D eigenvalue weighted by atomic mass is 16.6. The van der Waals surface area contributed by atoms with E-state index >= 15 is 0 Å². The minimum atomic E-state index is 0.207. The van der Waals surface area contributed by atoms with Crippen LogP contribution in [-0.2, 0) is 6.42 Å². The Hall–Kier alpha value is -1.58. The first-order chi connectivity index (χ1) is 5.79. The molecule has 4 nitrogen and oxygen atoms in total. The Labute approximate surface area is 70.3 Å². The van der Waals surface area contributed by atoms with E-state index in [1.807, 2.05) is 19.1 Å². The molecule has 4 heteroatoms. The summed E-state index contributed by atoms with van der Waals surface area (Å²) in [5.74, 6) is 0. The van der Waals surface area contributed by atoms with Gasteiger partial charge in [-0.3, -0.25) is 0 Å². The van der Waals surface area contributed by atoms with E-state index < -0.39 is 0 Å². The normalized spacial score (nSPS) is 11.6. The molecule has 12 heavy (non-hydrogen) atoms. The van der Waals surface area contributed by atoms with E-state index in [-0.39, 0.29) is 4.86 Å². The quantitative estimate of drug-likeness (QED) is 0.416. The van der Waals surface area contributed by atoms with Crippen molar-refractivity contribution in [3.63, 3.8) is 0 Å². The summed E-state index contributed by atoms with van der Waals surface area (Å²) < 4.78 is 0. The molecule has 0 unspecified atom stereocenters. The van der Waals surface area contributed by atoms with Crippen molar-refractivity contribution in [2.45, 2.75) is 13.3 Å². The van der Waals surface area contributed by atoms with Crippen molar-refractivity contribution in [1.82, 2.24) is 0 Å². The first-order valence-electron chi connectivity index (χ1n) is 3.69. The van der Waals surface area contributed by atoms with Crippen LogP contribution >= 0.6 is 0 Å². The highest BCUT2D eigenvalue weighted by Crippen LogP contribution is 2.18. The summed E-state index contributed by atoms with van der Waals surface area (Å²) in [6.07, 6.45) is 0.741. The lowest BCUT2D eigenvalue weighted by Gasteiger charge is -2.01. The second-order valence-corrected chi connectivity index (χ2v) is 2.34. The van der Waals surface area contributed by atoms with E-state index in [4.69, 9.17) is 5.21 Å². The van der Waals surface area contributed by atoms with Crippen LogP contribution in [-0.4, -0.2) is 10.1 Å². The molecule has 0 aliphatic carbocycles. The van der Waals surface area contributed by atoms with Gasteiger partial charge >= 0.3 is 0 Å². The van der Waals surface area contributed by atoms with Gasteiger partial charge in [0.15, 0.2) is 0 Å². The fraction of sp³-hybridized carbons (Fsp3) is 0.250. The molecule has 1 aromatic rings. The zero-order valence-electron chi connectivity index (χ0n) is 6.77. The van der Waals surface area contributed by atoms with Crippen LogP contribution < -0.4 is 0 Å². The van der Waals surface area contributed by atoms with Gasteiger partial charge in [0.25, 0.3) is 5.69 Å². The summed E-state index contributed by atoms with van der Waals surface area (Å²) in [4.78, 5) is 0.207. The molecule has 1 rings (SSSR count). The Bertz CT molecular complexity index is 297. The zero-order chi connectivity index (χ0) is 8.97. The molecule has 0 radical (unpaired) electrons. The molecule has 0 saturated carbocycles. The molecule has 0 aromatic heterocycles. The van der Waals surface area contributed by atoms with E-state index in [9.17, 15) is 5.21 Å². The maximum absolute atomic E-state index is 10.9. The molecule has 1 N–H and O–H groups in total. The number of rotatable bonds is 2. The predicted octanol–water partition coefficient (Wildman–Crippen LogP) is 2.23. The maximum atomic E-state index is 10.9. The van der Waals surface area contributed by atoms with E-state index in [0.29, 0.717) is 5.69 Å². The number of hydrogen-bond acceptors (Lipinski definition) is 2. The Morgan fingerprint density at radius 1 is 1.50 bits per heavy atom. The fourth-order valence-corrected chi connectivity index (χ4v) is 1.04. The average Bonchev–Trinajstić information content (AvgIpc) is 2.16. The zero-order valence-corrected chi connectivity index (χ0v) is 6.77. The second kappa shape index (κ2) is 3.71. The Kier molecular flexibility index (Phi) is 2.63. The lowest BCUT2D eigenvalue weighted by atomic mass is 10.1. The largest absolute Gasteiger partial charge is 0.592 e. The van der Waals surface area contributed by atoms with E-state index in [0.717, 1.165) is 12.0 Å². The van der Waals surface area contributed by atoms with Gasteiger partial charge in [0.1, 0.15) is 0 Å². The van der Waals surface area contributed by atoms with Crippen LogP contribution in [0.25, 0.3) is 0 Å². The van der Waals surface area contributed by atoms with Gasteiger partial charge in [-0.2, -0.15) is 0 Å². The van der Waals surface area contributed by atoms with Crippen molar-refractivity contribution in [3.05, 3.63) is 35.0 Å². The van der Waals surface area contributed by atoms with Crippen molar-refractivity contribution >= 4 is 5.69 Å². The highest BCUT2D eigenvalue weighted by molar-refractivity contribution is 5.39. The molecule has 0 spiro atoms. The predicted molar refractivity (Wildman–Crippen MR) is 43.3 cm³/mol. The van der Waals surface area contributed by atoms with Crippen molar-refractivity contribution in [3.8, 4) is 0 Å². The van der Waals surface area contributed by atoms with Gasteiger partial charge in [-0.15, -0.1) is 0 Å². The van der Waals surface area contributed by atoms with Crippen LogP contribution in [0.4, 0.5) is 5.69 Å². The van der Waals surface area contributed by atoms with Gasteiger partial charge in [-0.1, -0.05) is 25.1 Å². The molecular weight excluding hydrogens is 156 g/mol. The van der Waals surface area contributed by atoms with Crippen LogP contribution in [0.15, 0.2) is 29.5 Å². The fourth-order valence-electron chi connectivity index (χ4n) is 1.04. The molecule has 0 aliphatic rings. The Morgan fingerprint density at radius 3 is 2.75 bits per heavy atom. The van der Waals surface area contributed by atoms with Crippen LogP contribution in [0.5, 0.6) is 0 Å².